The number of aromatic nitrogens is 2. The number of aryl methyl sites for hydroxylation is 2. The second-order valence-electron chi connectivity index (χ2n) is 7.82. The number of piperidine rings is 1. The zero-order valence-electron chi connectivity index (χ0n) is 17.6. The van der Waals surface area contributed by atoms with Crippen LogP contribution in [0.25, 0.3) is 10.9 Å². The maximum Gasteiger partial charge on any atom is 0.262 e. The first-order chi connectivity index (χ1) is 14.8. The summed E-state index contributed by atoms with van der Waals surface area (Å²) in [5.74, 6) is 0.251. The van der Waals surface area contributed by atoms with Gasteiger partial charge in [-0.05, 0) is 44.0 Å². The summed E-state index contributed by atoms with van der Waals surface area (Å²) in [6.45, 7) is 7.87. The maximum absolute atomic E-state index is 13.5. The zero-order valence-corrected chi connectivity index (χ0v) is 17.6. The van der Waals surface area contributed by atoms with Crippen molar-refractivity contribution in [3.05, 3.63) is 87.6 Å². The molecule has 2 N–H and O–H groups in total. The number of nitrogens with one attached hydrogen (secondary N) is 2. The second-order valence-corrected chi connectivity index (χ2v) is 7.82. The summed E-state index contributed by atoms with van der Waals surface area (Å²) in [7, 11) is 0. The minimum atomic E-state index is -0.350. The molecule has 1 fully saturated rings. The molecule has 0 spiro atoms. The van der Waals surface area contributed by atoms with Crippen LogP contribution >= 0.6 is 0 Å². The lowest BCUT2D eigenvalue weighted by atomic mass is 10.0. The molecule has 31 heavy (non-hydrogen) atoms. The third kappa shape index (κ3) is 3.99. The molecular formula is C24H24N4O3. The Morgan fingerprint density at radius 2 is 1.94 bits per heavy atom. The van der Waals surface area contributed by atoms with E-state index in [1.807, 2.05) is 31.2 Å². The topological polar surface area (TPSA) is 93.1 Å². The molecule has 1 aliphatic rings. The molecule has 4 rings (SSSR count). The number of hydrogen-bond donors (Lipinski definition) is 2. The van der Waals surface area contributed by atoms with Gasteiger partial charge in [-0.25, -0.2) is 4.98 Å². The van der Waals surface area contributed by atoms with Gasteiger partial charge in [-0.1, -0.05) is 36.4 Å². The van der Waals surface area contributed by atoms with Gasteiger partial charge < -0.3 is 10.6 Å². The molecule has 3 aromatic rings. The third-order valence-corrected chi connectivity index (χ3v) is 5.60. The van der Waals surface area contributed by atoms with E-state index in [1.54, 1.807) is 29.7 Å². The third-order valence-electron chi connectivity index (χ3n) is 5.60. The first-order valence-corrected chi connectivity index (χ1v) is 10.2. The fourth-order valence-corrected chi connectivity index (χ4v) is 3.97. The molecule has 0 aliphatic carbocycles. The molecule has 0 bridgehead atoms. The van der Waals surface area contributed by atoms with Crippen LogP contribution in [0.2, 0.25) is 0 Å². The molecule has 2 aromatic carbocycles. The molecule has 2 heterocycles. The largest absolute Gasteiger partial charge is 0.348 e. The minimum absolute atomic E-state index is 0.0970. The number of carbonyl (C=O) groups is 2. The lowest BCUT2D eigenvalue weighted by molar-refractivity contribution is -0.121. The minimum Gasteiger partial charge on any atom is -0.348 e. The Balaban J connectivity index is 1.69. The first kappa shape index (κ1) is 20.5. The number of allylic oxidation sites excluding steroid dienone is 1. The lowest BCUT2D eigenvalue weighted by Gasteiger charge is -2.28. The Morgan fingerprint density at radius 1 is 1.19 bits per heavy atom. The van der Waals surface area contributed by atoms with Crippen molar-refractivity contribution < 1.29 is 9.59 Å². The molecule has 0 radical (unpaired) electrons. The number of benzene rings is 2. The van der Waals surface area contributed by atoms with Gasteiger partial charge in [0.2, 0.25) is 5.91 Å². The summed E-state index contributed by atoms with van der Waals surface area (Å²) in [6, 6.07) is 12.4. The number of nitrogens with zero attached hydrogens (tertiary/aromatic N) is 2. The number of fused-ring (bicyclic) bond motifs is 1. The van der Waals surface area contributed by atoms with E-state index >= 15 is 0 Å². The molecule has 7 heteroatoms. The van der Waals surface area contributed by atoms with Crippen molar-refractivity contribution in [2.75, 3.05) is 0 Å². The van der Waals surface area contributed by atoms with Crippen LogP contribution in [-0.4, -0.2) is 21.4 Å². The van der Waals surface area contributed by atoms with Crippen molar-refractivity contribution in [3.63, 3.8) is 0 Å². The van der Waals surface area contributed by atoms with Gasteiger partial charge in [0.25, 0.3) is 11.5 Å². The predicted octanol–water partition coefficient (Wildman–Crippen LogP) is 2.91. The van der Waals surface area contributed by atoms with Crippen LogP contribution in [0.1, 0.15) is 46.2 Å². The maximum atomic E-state index is 13.5. The van der Waals surface area contributed by atoms with Gasteiger partial charge in [-0.15, -0.1) is 0 Å². The van der Waals surface area contributed by atoms with E-state index in [0.717, 1.165) is 5.56 Å². The van der Waals surface area contributed by atoms with E-state index < -0.39 is 0 Å². The first-order valence-electron chi connectivity index (χ1n) is 10.2. The Bertz CT molecular complexity index is 1260. The smallest absolute Gasteiger partial charge is 0.262 e. The fourth-order valence-electron chi connectivity index (χ4n) is 3.97. The van der Waals surface area contributed by atoms with Crippen LogP contribution in [0.3, 0.4) is 0 Å². The van der Waals surface area contributed by atoms with Crippen molar-refractivity contribution in [2.24, 2.45) is 0 Å². The number of carbonyl (C=O) groups excluding carboxylic acids is 2. The van der Waals surface area contributed by atoms with Crippen LogP contribution in [0.4, 0.5) is 0 Å². The lowest BCUT2D eigenvalue weighted by Crippen LogP contribution is -2.39. The Kier molecular flexibility index (Phi) is 5.42. The van der Waals surface area contributed by atoms with E-state index in [-0.39, 0.29) is 30.0 Å². The van der Waals surface area contributed by atoms with Gasteiger partial charge in [0.15, 0.2) is 0 Å². The fraction of sp³-hybridized carbons (Fsp3) is 0.250. The number of amides is 2. The summed E-state index contributed by atoms with van der Waals surface area (Å²) < 4.78 is 1.59. The van der Waals surface area contributed by atoms with Gasteiger partial charge in [-0.2, -0.15) is 0 Å². The van der Waals surface area contributed by atoms with Crippen LogP contribution in [-0.2, 0) is 11.3 Å². The highest BCUT2D eigenvalue weighted by Gasteiger charge is 2.26. The molecule has 1 unspecified atom stereocenters. The van der Waals surface area contributed by atoms with Crippen LogP contribution in [0, 0.1) is 13.8 Å². The average Bonchev–Trinajstić information content (AvgIpc) is 2.73. The highest BCUT2D eigenvalue weighted by Crippen LogP contribution is 2.25. The molecule has 7 nitrogen and oxygen atoms in total. The molecule has 1 saturated heterocycles. The summed E-state index contributed by atoms with van der Waals surface area (Å²) in [6.07, 6.45) is 0.812. The zero-order chi connectivity index (χ0) is 22.1. The molecule has 2 amide bonds. The van der Waals surface area contributed by atoms with Crippen LogP contribution in [0.5, 0.6) is 0 Å². The van der Waals surface area contributed by atoms with Crippen LogP contribution < -0.4 is 16.2 Å². The normalized spacial score (nSPS) is 16.3. The number of rotatable bonds is 4. The molecule has 1 aliphatic heterocycles. The summed E-state index contributed by atoms with van der Waals surface area (Å²) in [5.41, 5.74) is 3.19. The van der Waals surface area contributed by atoms with E-state index in [0.29, 0.717) is 46.4 Å². The van der Waals surface area contributed by atoms with Crippen molar-refractivity contribution in [1.29, 1.82) is 0 Å². The highest BCUT2D eigenvalue weighted by molar-refractivity contribution is 5.94. The van der Waals surface area contributed by atoms with Gasteiger partial charge in [0.05, 0.1) is 16.9 Å². The Labute approximate surface area is 179 Å². The van der Waals surface area contributed by atoms with Crippen molar-refractivity contribution in [3.8, 4) is 0 Å². The van der Waals surface area contributed by atoms with Gasteiger partial charge in [0, 0.05) is 24.2 Å². The average molecular weight is 416 g/mol. The SMILES string of the molecule is C=C1NC(=O)CCC1n1c(C)nc2cccc(CNC(=O)c3ccc(C)cc3)c2c1=O. The second kappa shape index (κ2) is 8.18. The standard InChI is InChI=1S/C24H24N4O3/c1-14-7-9-17(10-8-14)23(30)25-13-18-5-4-6-19-22(18)24(31)28(16(3)27-19)20-11-12-21(29)26-15(20)2/h4-10,20H,2,11-13H2,1,3H3,(H,25,30)(H,26,29). The Hall–Kier alpha value is -3.74. The van der Waals surface area contributed by atoms with Crippen molar-refractivity contribution >= 4 is 22.7 Å². The van der Waals surface area contributed by atoms with E-state index in [9.17, 15) is 14.4 Å². The molecule has 0 saturated carbocycles. The van der Waals surface area contributed by atoms with Gasteiger partial charge >= 0.3 is 0 Å². The van der Waals surface area contributed by atoms with Crippen molar-refractivity contribution in [1.82, 2.24) is 20.2 Å². The predicted molar refractivity (Wildman–Crippen MR) is 119 cm³/mol. The molecule has 1 atom stereocenters. The monoisotopic (exact) mass is 416 g/mol. The molecule has 1 aromatic heterocycles. The van der Waals surface area contributed by atoms with E-state index in [2.05, 4.69) is 22.2 Å². The summed E-state index contributed by atoms with van der Waals surface area (Å²) >= 11 is 0. The summed E-state index contributed by atoms with van der Waals surface area (Å²) in [5, 5.41) is 6.08. The van der Waals surface area contributed by atoms with Crippen molar-refractivity contribution in [2.45, 2.75) is 39.3 Å². The molecule has 158 valence electrons. The van der Waals surface area contributed by atoms with Gasteiger partial charge in [0.1, 0.15) is 5.82 Å². The van der Waals surface area contributed by atoms with E-state index in [1.165, 1.54) is 0 Å². The molecular weight excluding hydrogens is 392 g/mol. The Morgan fingerprint density at radius 3 is 2.65 bits per heavy atom. The quantitative estimate of drug-likeness (QED) is 0.684. The van der Waals surface area contributed by atoms with Gasteiger partial charge in [-0.3, -0.25) is 19.0 Å². The number of hydrogen-bond acceptors (Lipinski definition) is 4. The highest BCUT2D eigenvalue weighted by atomic mass is 16.2. The summed E-state index contributed by atoms with van der Waals surface area (Å²) in [4.78, 5) is 42.3. The van der Waals surface area contributed by atoms with Crippen LogP contribution in [0.15, 0.2) is 59.5 Å². The van der Waals surface area contributed by atoms with E-state index in [4.69, 9.17) is 0 Å².